The summed E-state index contributed by atoms with van der Waals surface area (Å²) in [5, 5.41) is 0. The zero-order valence-corrected chi connectivity index (χ0v) is 0.908. The summed E-state index contributed by atoms with van der Waals surface area (Å²) in [5.74, 6) is 0. The first kappa shape index (κ1) is 31.7. The molecule has 0 fully saturated rings. The van der Waals surface area contributed by atoms with Crippen LogP contribution < -0.4 is 0 Å². The van der Waals surface area contributed by atoms with Crippen LogP contribution in [0.3, 0.4) is 0 Å². The van der Waals surface area contributed by atoms with Crippen molar-refractivity contribution >= 4 is 86.3 Å². The third kappa shape index (κ3) is 8.82. The van der Waals surface area contributed by atoms with E-state index < -0.39 is 0 Å². The van der Waals surface area contributed by atoms with Crippen LogP contribution in [0.1, 0.15) is 0 Å². The van der Waals surface area contributed by atoms with Gasteiger partial charge in [0.15, 0.2) is 17.4 Å². The maximum absolute atomic E-state index is 0. The van der Waals surface area contributed by atoms with E-state index >= 15 is 0 Å². The Morgan fingerprint density at radius 2 is 1.00 bits per heavy atom. The van der Waals surface area contributed by atoms with Gasteiger partial charge in [-0.1, -0.05) is 0 Å². The second-order valence-corrected chi connectivity index (χ2v) is 0. The van der Waals surface area contributed by atoms with Crippen molar-refractivity contribution in [2.45, 2.75) is 0 Å². The second-order valence-electron chi connectivity index (χ2n) is 0. The molecule has 0 spiro atoms. The van der Waals surface area contributed by atoms with Crippen LogP contribution in [0.4, 0.5) is 4.70 Å². The van der Waals surface area contributed by atoms with Gasteiger partial charge in [0, 0.05) is 0 Å². The van der Waals surface area contributed by atoms with E-state index in [1.807, 2.05) is 0 Å². The van der Waals surface area contributed by atoms with Gasteiger partial charge in [-0.25, -0.2) is 0 Å². The van der Waals surface area contributed by atoms with E-state index in [-0.39, 0.29) is 96.4 Å². The predicted octanol–water partition coefficient (Wildman–Crippen LogP) is -2.50. The molecule has 0 aliphatic rings. The Bertz CT molecular complexity index is 8.00. The van der Waals surface area contributed by atoms with Gasteiger partial charge in [-0.15, -0.1) is 0 Å². The average molecular weight is 202 g/mol. The van der Waals surface area contributed by atoms with Crippen LogP contribution in [0.25, 0.3) is 0 Å². The van der Waals surface area contributed by atoms with Gasteiger partial charge < -0.3 is 5.48 Å². The second kappa shape index (κ2) is 17.9. The SMILES string of the molecule is F.O.[AlH3].[CsH]. The van der Waals surface area contributed by atoms with Crippen LogP contribution in [0, 0.1) is 0 Å². The van der Waals surface area contributed by atoms with Crippen LogP contribution in [0.5, 0.6) is 0 Å². The molecule has 24 valence electrons. The number of halogens is 1. The van der Waals surface area contributed by atoms with Crippen molar-refractivity contribution in [1.29, 1.82) is 0 Å². The van der Waals surface area contributed by atoms with Crippen molar-refractivity contribution in [3.63, 3.8) is 0 Å². The van der Waals surface area contributed by atoms with Gasteiger partial charge in [0.25, 0.3) is 0 Å². The van der Waals surface area contributed by atoms with Gasteiger partial charge in [0.2, 0.25) is 0 Å². The molecule has 0 unspecified atom stereocenters. The van der Waals surface area contributed by atoms with E-state index in [1.165, 1.54) is 0 Å². The first-order valence-electron chi connectivity index (χ1n) is 0. The fraction of sp³-hybridized carbons (Fsp3) is 0. The topological polar surface area (TPSA) is 31.5 Å². The first-order valence-corrected chi connectivity index (χ1v) is 0. The molecule has 0 saturated heterocycles. The molecule has 0 rings (SSSR count). The summed E-state index contributed by atoms with van der Waals surface area (Å²) in [7, 11) is 0. The van der Waals surface area contributed by atoms with E-state index in [2.05, 4.69) is 0 Å². The zero-order valence-electron chi connectivity index (χ0n) is 0.908. The first-order chi connectivity index (χ1) is 0. The molecule has 1 nitrogen and oxygen atoms in total. The van der Waals surface area contributed by atoms with E-state index in [0.29, 0.717) is 0 Å². The molecule has 0 saturated carbocycles. The van der Waals surface area contributed by atoms with Gasteiger partial charge in [-0.2, -0.15) is 0 Å². The van der Waals surface area contributed by atoms with Crippen molar-refractivity contribution < 1.29 is 10.2 Å². The van der Waals surface area contributed by atoms with Crippen LogP contribution in [0.2, 0.25) is 0 Å². The van der Waals surface area contributed by atoms with E-state index in [0.717, 1.165) is 0 Å². The molecule has 0 radical (unpaired) electrons. The molecule has 0 heterocycles. The van der Waals surface area contributed by atoms with Gasteiger partial charge in [0.1, 0.15) is 0 Å². The molecule has 0 aromatic heterocycles. The molecule has 0 aliphatic carbocycles. The summed E-state index contributed by atoms with van der Waals surface area (Å²) in [6.45, 7) is 0. The van der Waals surface area contributed by atoms with Gasteiger partial charge in [0.05, 0.1) is 0 Å². The summed E-state index contributed by atoms with van der Waals surface area (Å²) in [4.78, 5) is 0. The standard InChI is InChI=1S/Al.Cs.FH.H2O.4H/h;;1H;1H2;;;;. The molecule has 0 aromatic carbocycles. The Morgan fingerprint density at radius 1 is 1.00 bits per heavy atom. The molecular formula is H7AlCsFO. The monoisotopic (exact) mass is 202 g/mol. The van der Waals surface area contributed by atoms with Gasteiger partial charge >= 0.3 is 68.9 Å². The summed E-state index contributed by atoms with van der Waals surface area (Å²) in [6.07, 6.45) is 0. The molecule has 0 aromatic rings. The molecule has 0 atom stereocenters. The number of hydrogen-bond acceptors (Lipinski definition) is 0. The summed E-state index contributed by atoms with van der Waals surface area (Å²) < 4.78 is 0. The van der Waals surface area contributed by atoms with Crippen molar-refractivity contribution in [1.82, 2.24) is 0 Å². The fourth-order valence-electron chi connectivity index (χ4n) is 0. The Morgan fingerprint density at radius 3 is 1.00 bits per heavy atom. The summed E-state index contributed by atoms with van der Waals surface area (Å²) >= 11 is 0. The molecule has 4 heavy (non-hydrogen) atoms. The molecule has 4 heteroatoms. The van der Waals surface area contributed by atoms with Crippen LogP contribution in [0.15, 0.2) is 0 Å². The number of hydrogen-bond donors (Lipinski definition) is 0. The summed E-state index contributed by atoms with van der Waals surface area (Å²) in [6, 6.07) is 0. The van der Waals surface area contributed by atoms with E-state index in [1.54, 1.807) is 0 Å². The quantitative estimate of drug-likeness (QED) is 0.389. The molecule has 2 N–H and O–H groups in total. The summed E-state index contributed by atoms with van der Waals surface area (Å²) in [5.41, 5.74) is 0. The van der Waals surface area contributed by atoms with Gasteiger partial charge in [-0.3, -0.25) is 4.70 Å². The van der Waals surface area contributed by atoms with Crippen LogP contribution >= 0.6 is 0 Å². The average Bonchev–Trinajstić information content (AvgIpc) is 0. The predicted molar refractivity (Wildman–Crippen MR) is 23.2 cm³/mol. The number of rotatable bonds is 0. The van der Waals surface area contributed by atoms with Crippen LogP contribution in [-0.2, 0) is 0 Å². The normalized spacial score (nSPS) is 0. The minimum atomic E-state index is 0. The van der Waals surface area contributed by atoms with Crippen molar-refractivity contribution in [2.24, 2.45) is 0 Å². The van der Waals surface area contributed by atoms with E-state index in [9.17, 15) is 0 Å². The minimum absolute atomic E-state index is 0. The molecular weight excluding hydrogens is 195 g/mol. The maximum atomic E-state index is 0. The molecule has 0 aliphatic heterocycles. The third-order valence-corrected chi connectivity index (χ3v) is 0. The van der Waals surface area contributed by atoms with Crippen molar-refractivity contribution in [2.75, 3.05) is 0 Å². The molecule has 0 bridgehead atoms. The Balaban J connectivity index is 0. The third-order valence-electron chi connectivity index (χ3n) is 0. The van der Waals surface area contributed by atoms with E-state index in [4.69, 9.17) is 0 Å². The Kier molecular flexibility index (Phi) is 142. The fourth-order valence-corrected chi connectivity index (χ4v) is 0. The zero-order chi connectivity index (χ0) is 0. The molecule has 0 amide bonds. The van der Waals surface area contributed by atoms with Gasteiger partial charge in [-0.05, 0) is 0 Å². The van der Waals surface area contributed by atoms with Crippen molar-refractivity contribution in [3.05, 3.63) is 0 Å². The van der Waals surface area contributed by atoms with Crippen molar-refractivity contribution in [3.8, 4) is 0 Å². The van der Waals surface area contributed by atoms with Crippen LogP contribution in [-0.4, -0.2) is 91.7 Å². The Hall–Kier alpha value is 2.47. The Labute approximate surface area is 93.8 Å².